The predicted molar refractivity (Wildman–Crippen MR) is 115 cm³/mol. The second kappa shape index (κ2) is 8.68. The Morgan fingerprint density at radius 3 is 2.68 bits per heavy atom. The number of benzene rings is 1. The molecule has 2 aromatic heterocycles. The van der Waals surface area contributed by atoms with Gasteiger partial charge in [0.25, 0.3) is 5.91 Å². The van der Waals surface area contributed by atoms with Crippen LogP contribution in [0.25, 0.3) is 0 Å². The van der Waals surface area contributed by atoms with E-state index in [4.69, 9.17) is 4.42 Å². The molecule has 0 radical (unpaired) electrons. The number of aryl methyl sites for hydroxylation is 2. The maximum atomic E-state index is 13.1. The second-order valence-electron chi connectivity index (χ2n) is 7.92. The van der Waals surface area contributed by atoms with Crippen LogP contribution in [-0.4, -0.2) is 41.9 Å². The molecular weight excluding hydrogens is 416 g/mol. The fourth-order valence-corrected chi connectivity index (χ4v) is 5.64. The van der Waals surface area contributed by atoms with E-state index < -0.39 is 10.0 Å². The number of carbonyl (C=O) groups is 1. The van der Waals surface area contributed by atoms with Crippen molar-refractivity contribution in [2.45, 2.75) is 44.0 Å². The van der Waals surface area contributed by atoms with E-state index in [0.29, 0.717) is 48.8 Å². The summed E-state index contributed by atoms with van der Waals surface area (Å²) in [5, 5.41) is 9.84. The van der Waals surface area contributed by atoms with Crippen LogP contribution < -0.4 is 5.32 Å². The topological polar surface area (TPSA) is 108 Å². The van der Waals surface area contributed by atoms with Gasteiger partial charge in [-0.2, -0.15) is 9.40 Å². The first-order valence-electron chi connectivity index (χ1n) is 10.3. The molecule has 8 nitrogen and oxygen atoms in total. The highest BCUT2D eigenvalue weighted by molar-refractivity contribution is 7.89. The number of nitrogens with zero attached hydrogens (tertiary/aromatic N) is 2. The Balaban J connectivity index is 1.37. The van der Waals surface area contributed by atoms with Crippen LogP contribution in [0.3, 0.4) is 0 Å². The molecule has 164 valence electrons. The quantitative estimate of drug-likeness (QED) is 0.610. The average Bonchev–Trinajstić information content (AvgIpc) is 3.44. The number of piperidine rings is 1. The number of sulfonamides is 1. The lowest BCUT2D eigenvalue weighted by atomic mass is 9.94. The van der Waals surface area contributed by atoms with Crippen LogP contribution in [0.15, 0.2) is 52.0 Å². The van der Waals surface area contributed by atoms with E-state index >= 15 is 0 Å². The van der Waals surface area contributed by atoms with Gasteiger partial charge < -0.3 is 9.73 Å². The molecule has 1 saturated heterocycles. The standard InChI is InChI=1S/C22H26N4O4S/c1-15-5-6-21(16(2)12-15)31(28,29)26-9-7-17(8-10-26)19-13-20(25-24-19)22(27)23-14-18-4-3-11-30-18/h3-6,11-13,17H,7-10,14H2,1-2H3,(H,23,27)(H,24,25). The molecule has 0 bridgehead atoms. The average molecular weight is 443 g/mol. The van der Waals surface area contributed by atoms with Crippen LogP contribution >= 0.6 is 0 Å². The number of carbonyl (C=O) groups excluding carboxylic acids is 1. The summed E-state index contributed by atoms with van der Waals surface area (Å²) >= 11 is 0. The third kappa shape index (κ3) is 4.57. The molecule has 0 aliphatic carbocycles. The van der Waals surface area contributed by atoms with Gasteiger partial charge in [0.05, 0.1) is 17.7 Å². The fourth-order valence-electron chi connectivity index (χ4n) is 3.97. The molecule has 0 atom stereocenters. The number of nitrogens with one attached hydrogen (secondary N) is 2. The van der Waals surface area contributed by atoms with Crippen LogP contribution in [0.2, 0.25) is 0 Å². The molecule has 31 heavy (non-hydrogen) atoms. The highest BCUT2D eigenvalue weighted by Gasteiger charge is 2.31. The maximum Gasteiger partial charge on any atom is 0.272 e. The molecule has 1 aliphatic heterocycles. The zero-order chi connectivity index (χ0) is 22.0. The lowest BCUT2D eigenvalue weighted by Gasteiger charge is -2.31. The first-order valence-corrected chi connectivity index (χ1v) is 11.7. The maximum absolute atomic E-state index is 13.1. The molecule has 0 saturated carbocycles. The van der Waals surface area contributed by atoms with Crippen LogP contribution in [0.5, 0.6) is 0 Å². The second-order valence-corrected chi connectivity index (χ2v) is 9.82. The number of rotatable bonds is 6. The Morgan fingerprint density at radius 2 is 2.00 bits per heavy atom. The summed E-state index contributed by atoms with van der Waals surface area (Å²) in [5.74, 6) is 0.514. The minimum Gasteiger partial charge on any atom is -0.467 e. The molecule has 9 heteroatoms. The molecule has 1 aliphatic rings. The number of amides is 1. The minimum absolute atomic E-state index is 0.129. The van der Waals surface area contributed by atoms with Gasteiger partial charge in [0.15, 0.2) is 0 Å². The van der Waals surface area contributed by atoms with E-state index in [1.54, 1.807) is 34.8 Å². The summed E-state index contributed by atoms with van der Waals surface area (Å²) in [4.78, 5) is 12.7. The molecule has 1 amide bonds. The third-order valence-electron chi connectivity index (χ3n) is 5.68. The van der Waals surface area contributed by atoms with Gasteiger partial charge in [-0.15, -0.1) is 0 Å². The van der Waals surface area contributed by atoms with Crippen LogP contribution in [0.1, 0.15) is 51.8 Å². The molecule has 1 fully saturated rings. The molecule has 0 spiro atoms. The van der Waals surface area contributed by atoms with Crippen LogP contribution in [-0.2, 0) is 16.6 Å². The van der Waals surface area contributed by atoms with Crippen molar-refractivity contribution < 1.29 is 17.6 Å². The van der Waals surface area contributed by atoms with Gasteiger partial charge in [-0.3, -0.25) is 9.89 Å². The van der Waals surface area contributed by atoms with Crippen LogP contribution in [0.4, 0.5) is 0 Å². The lowest BCUT2D eigenvalue weighted by Crippen LogP contribution is -2.38. The van der Waals surface area contributed by atoms with Crippen molar-refractivity contribution in [2.75, 3.05) is 13.1 Å². The van der Waals surface area contributed by atoms with Gasteiger partial charge >= 0.3 is 0 Å². The largest absolute Gasteiger partial charge is 0.467 e. The molecule has 2 N–H and O–H groups in total. The summed E-state index contributed by atoms with van der Waals surface area (Å²) in [5.41, 5.74) is 2.97. The van der Waals surface area contributed by atoms with Crippen molar-refractivity contribution in [1.82, 2.24) is 19.8 Å². The summed E-state index contributed by atoms with van der Waals surface area (Å²) in [6.07, 6.45) is 2.89. The SMILES string of the molecule is Cc1ccc(S(=O)(=O)N2CCC(c3cc(C(=O)NCc4ccco4)n[nH]3)CC2)c(C)c1. The molecule has 4 rings (SSSR count). The Bertz CT molecular complexity index is 1160. The Morgan fingerprint density at radius 1 is 1.23 bits per heavy atom. The normalized spacial score (nSPS) is 15.8. The highest BCUT2D eigenvalue weighted by Crippen LogP contribution is 2.31. The van der Waals surface area contributed by atoms with E-state index in [0.717, 1.165) is 16.8 Å². The molecule has 3 heterocycles. The number of H-pyrrole nitrogens is 1. The van der Waals surface area contributed by atoms with E-state index in [1.807, 2.05) is 26.0 Å². The van der Waals surface area contributed by atoms with Crippen molar-refractivity contribution >= 4 is 15.9 Å². The summed E-state index contributed by atoms with van der Waals surface area (Å²) in [6.45, 7) is 4.93. The monoisotopic (exact) mass is 442 g/mol. The number of furan rings is 1. The number of aromatic nitrogens is 2. The zero-order valence-electron chi connectivity index (χ0n) is 17.6. The van der Waals surface area contributed by atoms with E-state index in [1.165, 1.54) is 0 Å². The third-order valence-corrected chi connectivity index (χ3v) is 7.73. The summed E-state index contributed by atoms with van der Waals surface area (Å²) < 4.78 is 32.9. The zero-order valence-corrected chi connectivity index (χ0v) is 18.4. The lowest BCUT2D eigenvalue weighted by molar-refractivity contribution is 0.0943. The molecule has 3 aromatic rings. The van der Waals surface area contributed by atoms with Crippen molar-refractivity contribution in [2.24, 2.45) is 0 Å². The Hall–Kier alpha value is -2.91. The van der Waals surface area contributed by atoms with Crippen molar-refractivity contribution in [3.8, 4) is 0 Å². The number of hydrogen-bond acceptors (Lipinski definition) is 5. The molecular formula is C22H26N4O4S. The van der Waals surface area contributed by atoms with Crippen molar-refractivity contribution in [3.63, 3.8) is 0 Å². The van der Waals surface area contributed by atoms with Gasteiger partial charge in [-0.1, -0.05) is 17.7 Å². The molecule has 1 aromatic carbocycles. The minimum atomic E-state index is -3.52. The number of aromatic amines is 1. The fraction of sp³-hybridized carbons (Fsp3) is 0.364. The smallest absolute Gasteiger partial charge is 0.272 e. The van der Waals surface area contributed by atoms with E-state index in [9.17, 15) is 13.2 Å². The summed E-state index contributed by atoms with van der Waals surface area (Å²) in [6, 6.07) is 10.7. The van der Waals surface area contributed by atoms with Gasteiger partial charge in [-0.05, 0) is 56.5 Å². The predicted octanol–water partition coefficient (Wildman–Crippen LogP) is 3.12. The van der Waals surface area contributed by atoms with Crippen LogP contribution in [0, 0.1) is 13.8 Å². The summed E-state index contributed by atoms with van der Waals surface area (Å²) in [7, 11) is -3.52. The van der Waals surface area contributed by atoms with Gasteiger partial charge in [0.1, 0.15) is 11.5 Å². The Labute approximate surface area is 181 Å². The van der Waals surface area contributed by atoms with E-state index in [2.05, 4.69) is 15.5 Å². The van der Waals surface area contributed by atoms with Crippen molar-refractivity contribution in [1.29, 1.82) is 0 Å². The highest BCUT2D eigenvalue weighted by atomic mass is 32.2. The first kappa shape index (κ1) is 21.3. The molecule has 0 unspecified atom stereocenters. The van der Waals surface area contributed by atoms with E-state index in [-0.39, 0.29) is 11.8 Å². The van der Waals surface area contributed by atoms with Gasteiger partial charge in [-0.25, -0.2) is 8.42 Å². The van der Waals surface area contributed by atoms with Gasteiger partial charge in [0.2, 0.25) is 10.0 Å². The number of hydrogen-bond donors (Lipinski definition) is 2. The van der Waals surface area contributed by atoms with Crippen molar-refractivity contribution in [3.05, 3.63) is 70.9 Å². The van der Waals surface area contributed by atoms with Gasteiger partial charge in [0, 0.05) is 24.7 Å². The first-order chi connectivity index (χ1) is 14.8. The Kier molecular flexibility index (Phi) is 5.97.